The van der Waals surface area contributed by atoms with E-state index in [1.165, 1.54) is 15.8 Å². The second-order valence-corrected chi connectivity index (χ2v) is 11.1. The molecule has 1 aromatic carbocycles. The number of aromatic nitrogens is 1. The predicted molar refractivity (Wildman–Crippen MR) is 121 cm³/mol. The fourth-order valence-electron chi connectivity index (χ4n) is 3.13. The summed E-state index contributed by atoms with van der Waals surface area (Å²) in [6, 6.07) is 1.46. The van der Waals surface area contributed by atoms with E-state index in [0.717, 1.165) is 23.5 Å². The average Bonchev–Trinajstić information content (AvgIpc) is 3.35. The number of nitrogens with one attached hydrogen (secondary N) is 1. The second-order valence-electron chi connectivity index (χ2n) is 8.22. The Bertz CT molecular complexity index is 1150. The van der Waals surface area contributed by atoms with Gasteiger partial charge in [-0.25, -0.2) is 27.4 Å². The van der Waals surface area contributed by atoms with Crippen molar-refractivity contribution in [2.75, 3.05) is 22.7 Å². The van der Waals surface area contributed by atoms with Crippen LogP contribution in [0.15, 0.2) is 27.9 Å². The summed E-state index contributed by atoms with van der Waals surface area (Å²) in [5.74, 6) is -1.40. The highest BCUT2D eigenvalue weighted by Crippen LogP contribution is 2.33. The Morgan fingerprint density at radius 3 is 2.64 bits per heavy atom. The SMILES string of the molecule is CC(C)(C)OC(=O)N(c1cscn1)S(=O)(=O)c1cc(Cl)c(NC2CCN(C(=O)O)C2)cc1F. The number of carbonyl (C=O) groups is 2. The molecule has 1 unspecified atom stereocenters. The van der Waals surface area contributed by atoms with Gasteiger partial charge in [-0.3, -0.25) is 0 Å². The summed E-state index contributed by atoms with van der Waals surface area (Å²) in [4.78, 5) is 28.0. The van der Waals surface area contributed by atoms with E-state index in [9.17, 15) is 18.0 Å². The van der Waals surface area contributed by atoms with Crippen molar-refractivity contribution in [3.05, 3.63) is 33.9 Å². The lowest BCUT2D eigenvalue weighted by Gasteiger charge is -2.26. The van der Waals surface area contributed by atoms with Gasteiger partial charge in [-0.1, -0.05) is 11.6 Å². The molecule has 1 saturated heterocycles. The zero-order valence-corrected chi connectivity index (χ0v) is 20.3. The fourth-order valence-corrected chi connectivity index (χ4v) is 5.35. The van der Waals surface area contributed by atoms with Crippen molar-refractivity contribution in [3.63, 3.8) is 0 Å². The van der Waals surface area contributed by atoms with Crippen LogP contribution in [0, 0.1) is 5.82 Å². The molecule has 2 amide bonds. The van der Waals surface area contributed by atoms with Crippen molar-refractivity contribution in [2.24, 2.45) is 0 Å². The quantitative estimate of drug-likeness (QED) is 0.599. The largest absolute Gasteiger partial charge is 0.465 e. The summed E-state index contributed by atoms with van der Waals surface area (Å²) >= 11 is 7.27. The number of rotatable bonds is 5. The molecule has 0 saturated carbocycles. The highest BCUT2D eigenvalue weighted by Gasteiger charge is 2.38. The molecule has 1 fully saturated rings. The first-order chi connectivity index (χ1) is 15.3. The van der Waals surface area contributed by atoms with Crippen molar-refractivity contribution in [2.45, 2.75) is 43.7 Å². The van der Waals surface area contributed by atoms with E-state index in [1.807, 2.05) is 0 Å². The number of thiazole rings is 1. The predicted octanol–water partition coefficient (Wildman–Crippen LogP) is 4.23. The Labute approximate surface area is 199 Å². The van der Waals surface area contributed by atoms with Gasteiger partial charge < -0.3 is 20.1 Å². The van der Waals surface area contributed by atoms with Crippen LogP contribution >= 0.6 is 22.9 Å². The smallest absolute Gasteiger partial charge is 0.430 e. The van der Waals surface area contributed by atoms with Gasteiger partial charge in [-0.05, 0) is 39.3 Å². The molecule has 2 aromatic rings. The van der Waals surface area contributed by atoms with Crippen molar-refractivity contribution < 1.29 is 32.2 Å². The topological polar surface area (TPSA) is 129 Å². The zero-order valence-electron chi connectivity index (χ0n) is 17.9. The third-order valence-electron chi connectivity index (χ3n) is 4.54. The minimum atomic E-state index is -4.78. The summed E-state index contributed by atoms with van der Waals surface area (Å²) in [6.45, 7) is 5.15. The van der Waals surface area contributed by atoms with Gasteiger partial charge in [0.15, 0.2) is 5.82 Å². The van der Waals surface area contributed by atoms with Gasteiger partial charge in [0.1, 0.15) is 16.3 Å². The van der Waals surface area contributed by atoms with Gasteiger partial charge >= 0.3 is 12.2 Å². The van der Waals surface area contributed by atoms with E-state index >= 15 is 4.39 Å². The summed E-state index contributed by atoms with van der Waals surface area (Å²) < 4.78 is 47.1. The Hall–Kier alpha value is -2.64. The number of likely N-dealkylation sites (tertiary alicyclic amines) is 1. The zero-order chi connectivity index (χ0) is 24.6. The number of carbonyl (C=O) groups excluding carboxylic acids is 1. The molecule has 1 atom stereocenters. The van der Waals surface area contributed by atoms with Gasteiger partial charge in [0.05, 0.1) is 16.2 Å². The van der Waals surface area contributed by atoms with E-state index < -0.39 is 38.5 Å². The summed E-state index contributed by atoms with van der Waals surface area (Å²) in [5.41, 5.74) is 0.402. The van der Waals surface area contributed by atoms with Crippen molar-refractivity contribution >= 4 is 56.7 Å². The monoisotopic (exact) mass is 520 g/mol. The molecule has 0 bridgehead atoms. The molecule has 0 spiro atoms. The Balaban J connectivity index is 1.94. The van der Waals surface area contributed by atoms with Crippen LogP contribution in [0.5, 0.6) is 0 Å². The van der Waals surface area contributed by atoms with Gasteiger partial charge in [-0.2, -0.15) is 0 Å². The molecule has 180 valence electrons. The molecule has 10 nitrogen and oxygen atoms in total. The average molecular weight is 521 g/mol. The lowest BCUT2D eigenvalue weighted by atomic mass is 10.2. The molecule has 3 rings (SSSR count). The first kappa shape index (κ1) is 25.0. The minimum absolute atomic E-state index is 0.0998. The number of anilines is 2. The van der Waals surface area contributed by atoms with Gasteiger partial charge in [0.2, 0.25) is 0 Å². The normalized spacial score (nSPS) is 16.5. The maximum absolute atomic E-state index is 15.0. The molecular weight excluding hydrogens is 499 g/mol. The van der Waals surface area contributed by atoms with Crippen LogP contribution in [-0.2, 0) is 14.8 Å². The van der Waals surface area contributed by atoms with E-state index in [2.05, 4.69) is 10.3 Å². The molecule has 2 heterocycles. The number of sulfonamides is 1. The first-order valence-corrected chi connectivity index (χ1v) is 12.5. The van der Waals surface area contributed by atoms with Gasteiger partial charge in [0, 0.05) is 24.5 Å². The molecule has 1 aliphatic rings. The molecular formula is C19H22ClFN4O6S2. The Morgan fingerprint density at radius 1 is 1.39 bits per heavy atom. The molecule has 0 aliphatic carbocycles. The molecule has 1 aromatic heterocycles. The van der Waals surface area contributed by atoms with Crippen LogP contribution in [0.25, 0.3) is 0 Å². The number of hydrogen-bond acceptors (Lipinski definition) is 8. The molecule has 0 radical (unpaired) electrons. The maximum Gasteiger partial charge on any atom is 0.430 e. The van der Waals surface area contributed by atoms with Crippen LogP contribution < -0.4 is 9.62 Å². The maximum atomic E-state index is 15.0. The molecule has 2 N–H and O–H groups in total. The minimum Gasteiger partial charge on any atom is -0.465 e. The van der Waals surface area contributed by atoms with Crippen molar-refractivity contribution in [1.82, 2.24) is 9.88 Å². The lowest BCUT2D eigenvalue weighted by molar-refractivity contribution is 0.0608. The third-order valence-corrected chi connectivity index (χ3v) is 7.12. The van der Waals surface area contributed by atoms with E-state index in [4.69, 9.17) is 21.4 Å². The highest BCUT2D eigenvalue weighted by molar-refractivity contribution is 7.93. The van der Waals surface area contributed by atoms with E-state index in [1.54, 1.807) is 20.8 Å². The Kier molecular flexibility index (Phi) is 7.05. The van der Waals surface area contributed by atoms with Gasteiger partial charge in [0.25, 0.3) is 10.0 Å². The lowest BCUT2D eigenvalue weighted by Crippen LogP contribution is -2.41. The Morgan fingerprint density at radius 2 is 2.09 bits per heavy atom. The molecule has 33 heavy (non-hydrogen) atoms. The standard InChI is InChI=1S/C19H22ClFN4O6S2/c1-19(2,3)31-18(28)25(16-9-32-10-22-16)33(29,30)15-6-12(20)14(7-13(15)21)23-11-4-5-24(8-11)17(26)27/h6-7,9-11,23H,4-5,8H2,1-3H3,(H,26,27). The first-order valence-electron chi connectivity index (χ1n) is 9.69. The summed E-state index contributed by atoms with van der Waals surface area (Å²) in [5, 5.41) is 13.2. The fraction of sp³-hybridized carbons (Fsp3) is 0.421. The van der Waals surface area contributed by atoms with Crippen LogP contribution in [0.2, 0.25) is 5.02 Å². The van der Waals surface area contributed by atoms with Gasteiger partial charge in [-0.15, -0.1) is 15.6 Å². The van der Waals surface area contributed by atoms with Crippen LogP contribution in [0.4, 0.5) is 25.5 Å². The van der Waals surface area contributed by atoms with E-state index in [0.29, 0.717) is 13.0 Å². The second kappa shape index (κ2) is 9.31. The highest BCUT2D eigenvalue weighted by atomic mass is 35.5. The number of carboxylic acid groups (broad SMARTS) is 1. The molecule has 14 heteroatoms. The van der Waals surface area contributed by atoms with E-state index in [-0.39, 0.29) is 33.4 Å². The third kappa shape index (κ3) is 5.65. The summed E-state index contributed by atoms with van der Waals surface area (Å²) in [7, 11) is -4.78. The number of benzene rings is 1. The number of hydrogen-bond donors (Lipinski definition) is 2. The number of halogens is 2. The number of ether oxygens (including phenoxy) is 1. The molecule has 1 aliphatic heterocycles. The van der Waals surface area contributed by atoms with Crippen molar-refractivity contribution in [1.29, 1.82) is 0 Å². The van der Waals surface area contributed by atoms with Crippen LogP contribution in [0.3, 0.4) is 0 Å². The number of nitrogens with zero attached hydrogens (tertiary/aromatic N) is 3. The van der Waals surface area contributed by atoms with Crippen molar-refractivity contribution in [3.8, 4) is 0 Å². The number of amides is 2. The van der Waals surface area contributed by atoms with Crippen LogP contribution in [-0.4, -0.2) is 60.3 Å². The van der Waals surface area contributed by atoms with Crippen LogP contribution in [0.1, 0.15) is 27.2 Å². The summed E-state index contributed by atoms with van der Waals surface area (Å²) in [6.07, 6.45) is -1.84.